The highest BCUT2D eigenvalue weighted by molar-refractivity contribution is 5.77. The van der Waals surface area contributed by atoms with Gasteiger partial charge in [-0.1, -0.05) is 13.8 Å². The SMILES string of the molecule is CCCOCC(=O)NCC1(C)CCN(C)CC1. The largest absolute Gasteiger partial charge is 0.372 e. The molecular formula is C13H26N2O2. The van der Waals surface area contributed by atoms with Gasteiger partial charge in [0.25, 0.3) is 0 Å². The third kappa shape index (κ3) is 5.50. The van der Waals surface area contributed by atoms with Gasteiger partial charge >= 0.3 is 0 Å². The molecule has 1 amide bonds. The second-order valence-corrected chi connectivity index (χ2v) is 5.44. The number of nitrogens with zero attached hydrogens (tertiary/aromatic N) is 1. The number of amides is 1. The minimum Gasteiger partial charge on any atom is -0.372 e. The zero-order chi connectivity index (χ0) is 12.7. The Morgan fingerprint density at radius 3 is 2.65 bits per heavy atom. The van der Waals surface area contributed by atoms with Crippen LogP contribution in [0.15, 0.2) is 0 Å². The zero-order valence-electron chi connectivity index (χ0n) is 11.4. The van der Waals surface area contributed by atoms with E-state index < -0.39 is 0 Å². The van der Waals surface area contributed by atoms with Crippen molar-refractivity contribution in [3.63, 3.8) is 0 Å². The smallest absolute Gasteiger partial charge is 0.246 e. The van der Waals surface area contributed by atoms with E-state index in [4.69, 9.17) is 4.74 Å². The fraction of sp³-hybridized carbons (Fsp3) is 0.923. The first-order valence-corrected chi connectivity index (χ1v) is 6.59. The van der Waals surface area contributed by atoms with E-state index in [-0.39, 0.29) is 17.9 Å². The van der Waals surface area contributed by atoms with Gasteiger partial charge in [-0.15, -0.1) is 0 Å². The van der Waals surface area contributed by atoms with Crippen LogP contribution in [0.2, 0.25) is 0 Å². The number of nitrogens with one attached hydrogen (secondary N) is 1. The van der Waals surface area contributed by atoms with Crippen LogP contribution in [0.4, 0.5) is 0 Å². The standard InChI is InChI=1S/C13H26N2O2/c1-4-9-17-10-12(16)14-11-13(2)5-7-15(3)8-6-13/h4-11H2,1-3H3,(H,14,16). The van der Waals surface area contributed by atoms with Crippen LogP contribution in [0, 0.1) is 5.41 Å². The van der Waals surface area contributed by atoms with Gasteiger partial charge in [0.05, 0.1) is 0 Å². The highest BCUT2D eigenvalue weighted by Gasteiger charge is 2.28. The van der Waals surface area contributed by atoms with E-state index in [2.05, 4.69) is 24.2 Å². The Hall–Kier alpha value is -0.610. The summed E-state index contributed by atoms with van der Waals surface area (Å²) in [6.45, 7) is 8.18. The van der Waals surface area contributed by atoms with Crippen LogP contribution in [0.1, 0.15) is 33.1 Å². The van der Waals surface area contributed by atoms with Crippen LogP contribution in [0.3, 0.4) is 0 Å². The summed E-state index contributed by atoms with van der Waals surface area (Å²) in [7, 11) is 2.15. The van der Waals surface area contributed by atoms with Gasteiger partial charge in [0.1, 0.15) is 6.61 Å². The summed E-state index contributed by atoms with van der Waals surface area (Å²) >= 11 is 0. The first-order valence-electron chi connectivity index (χ1n) is 6.59. The molecule has 4 nitrogen and oxygen atoms in total. The van der Waals surface area contributed by atoms with Crippen molar-refractivity contribution < 1.29 is 9.53 Å². The summed E-state index contributed by atoms with van der Waals surface area (Å²) in [6.07, 6.45) is 3.26. The summed E-state index contributed by atoms with van der Waals surface area (Å²) < 4.78 is 5.21. The molecule has 100 valence electrons. The van der Waals surface area contributed by atoms with Gasteiger partial charge in [-0.2, -0.15) is 0 Å². The van der Waals surface area contributed by atoms with Crippen molar-refractivity contribution in [3.8, 4) is 0 Å². The number of rotatable bonds is 6. The molecule has 0 aromatic rings. The lowest BCUT2D eigenvalue weighted by molar-refractivity contribution is -0.126. The van der Waals surface area contributed by atoms with Crippen LogP contribution in [0.5, 0.6) is 0 Å². The Morgan fingerprint density at radius 1 is 1.41 bits per heavy atom. The molecule has 17 heavy (non-hydrogen) atoms. The normalized spacial score (nSPS) is 20.2. The van der Waals surface area contributed by atoms with Crippen LogP contribution in [-0.4, -0.2) is 50.7 Å². The van der Waals surface area contributed by atoms with E-state index in [9.17, 15) is 4.79 Å². The molecule has 1 heterocycles. The first kappa shape index (κ1) is 14.5. The number of carbonyl (C=O) groups excluding carboxylic acids is 1. The van der Waals surface area contributed by atoms with Crippen molar-refractivity contribution in [1.82, 2.24) is 10.2 Å². The summed E-state index contributed by atoms with van der Waals surface area (Å²) in [5.41, 5.74) is 0.257. The Bertz CT molecular complexity index is 236. The summed E-state index contributed by atoms with van der Waals surface area (Å²) in [4.78, 5) is 13.9. The Labute approximate surface area is 105 Å². The van der Waals surface area contributed by atoms with Crippen LogP contribution in [-0.2, 0) is 9.53 Å². The number of carbonyl (C=O) groups is 1. The van der Waals surface area contributed by atoms with Crippen molar-refractivity contribution in [2.45, 2.75) is 33.1 Å². The Balaban J connectivity index is 2.18. The molecule has 0 saturated carbocycles. The molecule has 1 aliphatic heterocycles. The van der Waals surface area contributed by atoms with Gasteiger partial charge in [-0.25, -0.2) is 0 Å². The summed E-state index contributed by atoms with van der Waals surface area (Å²) in [5.74, 6) is 0.0126. The molecule has 0 spiro atoms. The van der Waals surface area contributed by atoms with Gasteiger partial charge in [-0.3, -0.25) is 4.79 Å². The average Bonchev–Trinajstić information content (AvgIpc) is 2.32. The van der Waals surface area contributed by atoms with Gasteiger partial charge in [0.2, 0.25) is 5.91 Å². The van der Waals surface area contributed by atoms with Crippen molar-refractivity contribution in [1.29, 1.82) is 0 Å². The van der Waals surface area contributed by atoms with E-state index in [1.54, 1.807) is 0 Å². The maximum absolute atomic E-state index is 11.5. The first-order chi connectivity index (χ1) is 8.06. The molecule has 1 N–H and O–H groups in total. The maximum Gasteiger partial charge on any atom is 0.246 e. The van der Waals surface area contributed by atoms with E-state index >= 15 is 0 Å². The predicted molar refractivity (Wildman–Crippen MR) is 69.0 cm³/mol. The van der Waals surface area contributed by atoms with E-state index in [0.29, 0.717) is 6.61 Å². The van der Waals surface area contributed by atoms with Crippen LogP contribution >= 0.6 is 0 Å². The molecule has 1 fully saturated rings. The minimum atomic E-state index is 0.0126. The molecule has 4 heteroatoms. The molecule has 0 radical (unpaired) electrons. The van der Waals surface area contributed by atoms with Crippen molar-refractivity contribution >= 4 is 5.91 Å². The second-order valence-electron chi connectivity index (χ2n) is 5.44. The zero-order valence-corrected chi connectivity index (χ0v) is 11.4. The number of piperidine rings is 1. The average molecular weight is 242 g/mol. The number of likely N-dealkylation sites (tertiary alicyclic amines) is 1. The molecule has 0 atom stereocenters. The lowest BCUT2D eigenvalue weighted by atomic mass is 9.80. The second kappa shape index (κ2) is 6.97. The van der Waals surface area contributed by atoms with E-state index in [1.807, 2.05) is 6.92 Å². The molecule has 0 unspecified atom stereocenters. The quantitative estimate of drug-likeness (QED) is 0.713. The van der Waals surface area contributed by atoms with Crippen LogP contribution < -0.4 is 5.32 Å². The van der Waals surface area contributed by atoms with Crippen molar-refractivity contribution in [3.05, 3.63) is 0 Å². The van der Waals surface area contributed by atoms with Crippen molar-refractivity contribution in [2.24, 2.45) is 5.41 Å². The predicted octanol–water partition coefficient (Wildman–Crippen LogP) is 1.26. The number of hydrogen-bond donors (Lipinski definition) is 1. The van der Waals surface area contributed by atoms with Crippen molar-refractivity contribution in [2.75, 3.05) is 39.9 Å². The molecule has 0 bridgehead atoms. The van der Waals surface area contributed by atoms with Gasteiger partial charge in [0.15, 0.2) is 0 Å². The monoisotopic (exact) mass is 242 g/mol. The third-order valence-corrected chi connectivity index (χ3v) is 3.49. The van der Waals surface area contributed by atoms with Gasteiger partial charge < -0.3 is 15.0 Å². The minimum absolute atomic E-state index is 0.0126. The highest BCUT2D eigenvalue weighted by atomic mass is 16.5. The molecule has 0 aromatic carbocycles. The molecule has 1 rings (SSSR count). The lowest BCUT2D eigenvalue weighted by Crippen LogP contribution is -2.44. The van der Waals surface area contributed by atoms with Gasteiger partial charge in [-0.05, 0) is 44.8 Å². The third-order valence-electron chi connectivity index (χ3n) is 3.49. The van der Waals surface area contributed by atoms with Crippen LogP contribution in [0.25, 0.3) is 0 Å². The number of hydrogen-bond acceptors (Lipinski definition) is 3. The number of ether oxygens (including phenoxy) is 1. The topological polar surface area (TPSA) is 41.6 Å². The van der Waals surface area contributed by atoms with E-state index in [0.717, 1.165) is 38.9 Å². The highest BCUT2D eigenvalue weighted by Crippen LogP contribution is 2.29. The Morgan fingerprint density at radius 2 is 2.06 bits per heavy atom. The molecule has 1 saturated heterocycles. The van der Waals surface area contributed by atoms with Gasteiger partial charge in [0, 0.05) is 13.2 Å². The van der Waals surface area contributed by atoms with E-state index in [1.165, 1.54) is 0 Å². The summed E-state index contributed by atoms with van der Waals surface area (Å²) in [6, 6.07) is 0. The molecule has 0 aliphatic carbocycles. The molecular weight excluding hydrogens is 216 g/mol. The molecule has 0 aromatic heterocycles. The molecule has 1 aliphatic rings. The lowest BCUT2D eigenvalue weighted by Gasteiger charge is -2.37. The maximum atomic E-state index is 11.5. The fourth-order valence-corrected chi connectivity index (χ4v) is 2.01. The summed E-state index contributed by atoms with van der Waals surface area (Å²) in [5, 5.41) is 2.98. The Kier molecular flexibility index (Phi) is 5.92. The fourth-order valence-electron chi connectivity index (χ4n) is 2.01.